The van der Waals surface area contributed by atoms with E-state index in [0.717, 1.165) is 0 Å². The van der Waals surface area contributed by atoms with Gasteiger partial charge in [-0.1, -0.05) is 103 Å². The van der Waals surface area contributed by atoms with E-state index in [2.05, 4.69) is 161 Å². The average Bonchev–Trinajstić information content (AvgIpc) is 3.64. The van der Waals surface area contributed by atoms with Crippen LogP contribution in [0.5, 0.6) is 0 Å². The van der Waals surface area contributed by atoms with Crippen LogP contribution in [-0.4, -0.2) is 11.4 Å². The summed E-state index contributed by atoms with van der Waals surface area (Å²) in [6, 6.07) is 56.4. The lowest BCUT2D eigenvalue weighted by molar-refractivity contribution is 1.18. The van der Waals surface area contributed by atoms with E-state index < -0.39 is 0 Å². The first-order valence-corrected chi connectivity index (χ1v) is 16.7. The maximum atomic E-state index is 2.61. The minimum Gasteiger partial charge on any atom is -0.376 e. The predicted octanol–water partition coefficient (Wildman–Crippen LogP) is 10.1. The molecule has 0 aliphatic carbocycles. The highest BCUT2D eigenvalue weighted by Gasteiger charge is 2.42. The first-order valence-electron chi connectivity index (χ1n) is 15.9. The molecule has 0 N–H and O–H groups in total. The van der Waals surface area contributed by atoms with Gasteiger partial charge in [-0.3, -0.25) is 0 Å². The van der Waals surface area contributed by atoms with Crippen LogP contribution in [0.4, 0.5) is 11.4 Å². The molecular formula is C42H25BN2S. The molecule has 2 aliphatic rings. The van der Waals surface area contributed by atoms with Crippen molar-refractivity contribution >= 4 is 82.5 Å². The highest BCUT2D eigenvalue weighted by atomic mass is 32.1. The molecule has 0 atom stereocenters. The lowest BCUT2D eigenvalue weighted by atomic mass is 9.43. The highest BCUT2D eigenvalue weighted by Crippen LogP contribution is 2.49. The smallest absolute Gasteiger partial charge is 0.329 e. The van der Waals surface area contributed by atoms with Gasteiger partial charge in [0, 0.05) is 59.1 Å². The van der Waals surface area contributed by atoms with Crippen LogP contribution in [0.3, 0.4) is 0 Å². The molecule has 46 heavy (non-hydrogen) atoms. The zero-order valence-electron chi connectivity index (χ0n) is 24.8. The summed E-state index contributed by atoms with van der Waals surface area (Å²) in [7, 11) is 0. The fourth-order valence-corrected chi connectivity index (χ4v) is 9.39. The largest absolute Gasteiger partial charge is 0.376 e. The second-order valence-corrected chi connectivity index (χ2v) is 13.6. The number of benzene rings is 7. The quantitative estimate of drug-likeness (QED) is 0.170. The fourth-order valence-electron chi connectivity index (χ4n) is 8.27. The monoisotopic (exact) mass is 600 g/mol. The molecule has 0 saturated heterocycles. The minimum atomic E-state index is 0.0993. The van der Waals surface area contributed by atoms with Gasteiger partial charge in [-0.15, -0.1) is 11.3 Å². The van der Waals surface area contributed by atoms with E-state index in [1.54, 1.807) is 0 Å². The molecule has 7 aromatic carbocycles. The predicted molar refractivity (Wildman–Crippen MR) is 198 cm³/mol. The van der Waals surface area contributed by atoms with Crippen LogP contribution in [0.1, 0.15) is 0 Å². The number of rotatable bonds is 1. The number of aromatic nitrogens is 1. The molecule has 4 heterocycles. The van der Waals surface area contributed by atoms with Gasteiger partial charge in [-0.05, 0) is 70.6 Å². The standard InChI is InChI=1S/C42H25BN2S/c1-2-12-26(13-3-1)44-38-23-32-28-15-5-9-19-36(28)43-35-18-8-4-14-27(35)29-16-6-10-20-37(29)45(43)40(32)24-33(38)31-22-34-30-17-7-11-21-41(30)46-42(34)25-39(31)44/h1-25H. The van der Waals surface area contributed by atoms with Crippen molar-refractivity contribution < 1.29 is 0 Å². The van der Waals surface area contributed by atoms with Crippen molar-refractivity contribution in [1.29, 1.82) is 0 Å². The molecule has 0 bridgehead atoms. The Bertz CT molecular complexity index is 2720. The molecule has 4 heteroatoms. The van der Waals surface area contributed by atoms with E-state index >= 15 is 0 Å². The molecule has 2 aliphatic heterocycles. The molecule has 0 amide bonds. The van der Waals surface area contributed by atoms with Crippen LogP contribution in [0, 0.1) is 0 Å². The fraction of sp³-hybridized carbons (Fsp3) is 0. The van der Waals surface area contributed by atoms with E-state index in [1.165, 1.54) is 92.2 Å². The Morgan fingerprint density at radius 3 is 1.87 bits per heavy atom. The van der Waals surface area contributed by atoms with Gasteiger partial charge in [0.05, 0.1) is 11.0 Å². The number of para-hydroxylation sites is 2. The number of hydrogen-bond donors (Lipinski definition) is 0. The topological polar surface area (TPSA) is 8.17 Å². The molecule has 11 rings (SSSR count). The third kappa shape index (κ3) is 3.16. The summed E-state index contributed by atoms with van der Waals surface area (Å²) >= 11 is 1.89. The third-order valence-corrected chi connectivity index (χ3v) is 11.3. The first kappa shape index (κ1) is 24.7. The summed E-state index contributed by atoms with van der Waals surface area (Å²) in [5.41, 5.74) is 14.1. The summed E-state index contributed by atoms with van der Waals surface area (Å²) in [5.74, 6) is 0. The Morgan fingerprint density at radius 2 is 1.04 bits per heavy atom. The molecule has 9 aromatic rings. The summed E-state index contributed by atoms with van der Waals surface area (Å²) < 4.78 is 5.13. The molecule has 0 saturated carbocycles. The van der Waals surface area contributed by atoms with Gasteiger partial charge in [0.25, 0.3) is 0 Å². The van der Waals surface area contributed by atoms with Crippen molar-refractivity contribution in [3.05, 3.63) is 152 Å². The second-order valence-electron chi connectivity index (χ2n) is 12.5. The van der Waals surface area contributed by atoms with Crippen LogP contribution < -0.4 is 15.7 Å². The van der Waals surface area contributed by atoms with E-state index in [9.17, 15) is 0 Å². The second kappa shape index (κ2) is 9.00. The van der Waals surface area contributed by atoms with Crippen LogP contribution >= 0.6 is 11.3 Å². The van der Waals surface area contributed by atoms with E-state index in [1.807, 2.05) is 11.3 Å². The minimum absolute atomic E-state index is 0.0993. The van der Waals surface area contributed by atoms with Crippen LogP contribution in [0.2, 0.25) is 0 Å². The van der Waals surface area contributed by atoms with Crippen molar-refractivity contribution in [3.63, 3.8) is 0 Å². The average molecular weight is 601 g/mol. The lowest BCUT2D eigenvalue weighted by Gasteiger charge is -2.43. The molecule has 2 nitrogen and oxygen atoms in total. The zero-order valence-corrected chi connectivity index (χ0v) is 25.6. The first-order chi connectivity index (χ1) is 22.8. The van der Waals surface area contributed by atoms with Crippen molar-refractivity contribution in [2.24, 2.45) is 0 Å². The van der Waals surface area contributed by atoms with E-state index in [0.29, 0.717) is 0 Å². The van der Waals surface area contributed by atoms with Crippen molar-refractivity contribution in [3.8, 4) is 27.9 Å². The molecule has 0 fully saturated rings. The lowest BCUT2D eigenvalue weighted by Crippen LogP contribution is -2.59. The van der Waals surface area contributed by atoms with Crippen LogP contribution in [-0.2, 0) is 0 Å². The number of thiophene rings is 1. The van der Waals surface area contributed by atoms with Gasteiger partial charge >= 0.3 is 6.85 Å². The van der Waals surface area contributed by atoms with Gasteiger partial charge in [-0.25, -0.2) is 0 Å². The summed E-state index contributed by atoms with van der Waals surface area (Å²) in [4.78, 5) is 2.61. The van der Waals surface area contributed by atoms with E-state index in [4.69, 9.17) is 0 Å². The Kier molecular flexibility index (Phi) is 4.83. The number of hydrogen-bond acceptors (Lipinski definition) is 2. The maximum absolute atomic E-state index is 2.61. The number of nitrogens with zero attached hydrogens (tertiary/aromatic N) is 2. The van der Waals surface area contributed by atoms with Crippen molar-refractivity contribution in [2.45, 2.75) is 0 Å². The Hall–Kier alpha value is -5.58. The Morgan fingerprint density at radius 1 is 0.413 bits per heavy atom. The molecule has 0 spiro atoms. The van der Waals surface area contributed by atoms with Gasteiger partial charge < -0.3 is 9.38 Å². The molecular weight excluding hydrogens is 575 g/mol. The van der Waals surface area contributed by atoms with Gasteiger partial charge in [0.15, 0.2) is 0 Å². The SMILES string of the molecule is c1ccc(-n2c3cc4c(cc3c3cc5c(cc32)sc2ccccc25)N2B(c3ccccc3-c3ccccc32)c2ccccc2-4)cc1. The summed E-state index contributed by atoms with van der Waals surface area (Å²) in [5, 5.41) is 5.24. The Balaban J connectivity index is 1.30. The normalized spacial score (nSPS) is 13.1. The van der Waals surface area contributed by atoms with Crippen LogP contribution in [0.15, 0.2) is 152 Å². The number of anilines is 2. The zero-order chi connectivity index (χ0) is 29.9. The van der Waals surface area contributed by atoms with Crippen molar-refractivity contribution in [1.82, 2.24) is 4.57 Å². The van der Waals surface area contributed by atoms with Gasteiger partial charge in [-0.2, -0.15) is 0 Å². The Labute approximate surface area is 270 Å². The highest BCUT2D eigenvalue weighted by molar-refractivity contribution is 7.25. The van der Waals surface area contributed by atoms with Crippen molar-refractivity contribution in [2.75, 3.05) is 4.81 Å². The maximum Gasteiger partial charge on any atom is 0.329 e. The van der Waals surface area contributed by atoms with E-state index in [-0.39, 0.29) is 6.85 Å². The molecule has 212 valence electrons. The van der Waals surface area contributed by atoms with Crippen LogP contribution in [0.25, 0.3) is 69.9 Å². The third-order valence-electron chi connectivity index (χ3n) is 10.2. The molecule has 0 unspecified atom stereocenters. The summed E-state index contributed by atoms with van der Waals surface area (Å²) in [6.07, 6.45) is 0. The van der Waals surface area contributed by atoms with Gasteiger partial charge in [0.2, 0.25) is 0 Å². The summed E-state index contributed by atoms with van der Waals surface area (Å²) in [6.45, 7) is 0.0993. The number of fused-ring (bicyclic) bond motifs is 17. The molecule has 0 radical (unpaired) electrons. The van der Waals surface area contributed by atoms with Gasteiger partial charge in [0.1, 0.15) is 0 Å². The molecule has 2 aromatic heterocycles.